The molecular weight excluding hydrogens is 252 g/mol. The summed E-state index contributed by atoms with van der Waals surface area (Å²) >= 11 is 0. The Morgan fingerprint density at radius 1 is 1.35 bits per heavy atom. The molecule has 1 heterocycles. The van der Waals surface area contributed by atoms with Crippen molar-refractivity contribution in [3.8, 4) is 0 Å². The number of anilines is 1. The molecule has 1 saturated carbocycles. The minimum absolute atomic E-state index is 0.107. The lowest BCUT2D eigenvalue weighted by atomic mass is 9.75. The van der Waals surface area contributed by atoms with E-state index < -0.39 is 0 Å². The van der Waals surface area contributed by atoms with Crippen molar-refractivity contribution in [1.82, 2.24) is 14.8 Å². The summed E-state index contributed by atoms with van der Waals surface area (Å²) in [4.78, 5) is 20.5. The summed E-state index contributed by atoms with van der Waals surface area (Å²) in [7, 11) is 6.07. The fourth-order valence-electron chi connectivity index (χ4n) is 2.69. The monoisotopic (exact) mass is 276 g/mol. The Morgan fingerprint density at radius 2 is 2.05 bits per heavy atom. The molecule has 1 aliphatic rings. The molecule has 1 fully saturated rings. The van der Waals surface area contributed by atoms with Crippen LogP contribution in [0.4, 0.5) is 5.69 Å². The van der Waals surface area contributed by atoms with E-state index in [1.807, 2.05) is 18.0 Å². The van der Waals surface area contributed by atoms with Crippen molar-refractivity contribution >= 4 is 11.6 Å². The maximum atomic E-state index is 12.3. The van der Waals surface area contributed by atoms with Crippen LogP contribution in [0.3, 0.4) is 0 Å². The second-order valence-corrected chi connectivity index (χ2v) is 5.98. The lowest BCUT2D eigenvalue weighted by Crippen LogP contribution is -2.57. The number of nitrogens with two attached hydrogens (primary N) is 1. The van der Waals surface area contributed by atoms with E-state index >= 15 is 0 Å². The lowest BCUT2D eigenvalue weighted by Gasteiger charge is -2.49. The standard InChI is InChI=1S/C15H24N4O/c1-18(2)15(7-4-8-15)11-19(3)14(20)9-13-6-5-12(16)10-17-13/h5-6,10H,4,7-9,11,16H2,1-3H3. The normalized spacial score (nSPS) is 16.8. The Labute approximate surface area is 120 Å². The van der Waals surface area contributed by atoms with Gasteiger partial charge < -0.3 is 15.5 Å². The number of carbonyl (C=O) groups is 1. The van der Waals surface area contributed by atoms with Crippen molar-refractivity contribution in [3.63, 3.8) is 0 Å². The molecule has 2 rings (SSSR count). The van der Waals surface area contributed by atoms with Gasteiger partial charge in [0.1, 0.15) is 0 Å². The van der Waals surface area contributed by atoms with Gasteiger partial charge in [0.05, 0.1) is 18.3 Å². The van der Waals surface area contributed by atoms with E-state index in [-0.39, 0.29) is 11.4 Å². The minimum atomic E-state index is 0.107. The molecular formula is C15H24N4O. The molecule has 1 aromatic heterocycles. The lowest BCUT2D eigenvalue weighted by molar-refractivity contribution is -0.132. The predicted octanol–water partition coefficient (Wildman–Crippen LogP) is 1.15. The van der Waals surface area contributed by atoms with Crippen molar-refractivity contribution in [2.24, 2.45) is 0 Å². The Balaban J connectivity index is 1.93. The van der Waals surface area contributed by atoms with Gasteiger partial charge in [0.15, 0.2) is 0 Å². The molecule has 0 aliphatic heterocycles. The third kappa shape index (κ3) is 3.10. The zero-order valence-electron chi connectivity index (χ0n) is 12.6. The van der Waals surface area contributed by atoms with Gasteiger partial charge in [-0.15, -0.1) is 0 Å². The van der Waals surface area contributed by atoms with Gasteiger partial charge in [0.2, 0.25) is 5.91 Å². The topological polar surface area (TPSA) is 62.5 Å². The van der Waals surface area contributed by atoms with Crippen molar-refractivity contribution < 1.29 is 4.79 Å². The van der Waals surface area contributed by atoms with Gasteiger partial charge in [-0.3, -0.25) is 9.78 Å². The summed E-state index contributed by atoms with van der Waals surface area (Å²) in [5.74, 6) is 0.107. The number of hydrogen-bond acceptors (Lipinski definition) is 4. The van der Waals surface area contributed by atoms with Gasteiger partial charge in [-0.2, -0.15) is 0 Å². The van der Waals surface area contributed by atoms with Crippen LogP contribution in [0.5, 0.6) is 0 Å². The second kappa shape index (κ2) is 5.79. The zero-order chi connectivity index (χ0) is 14.8. The molecule has 0 atom stereocenters. The van der Waals surface area contributed by atoms with E-state index in [4.69, 9.17) is 5.73 Å². The first-order valence-corrected chi connectivity index (χ1v) is 7.05. The van der Waals surface area contributed by atoms with Crippen LogP contribution in [0.15, 0.2) is 18.3 Å². The largest absolute Gasteiger partial charge is 0.397 e. The molecule has 1 aromatic rings. The highest BCUT2D eigenvalue weighted by molar-refractivity contribution is 5.78. The number of hydrogen-bond donors (Lipinski definition) is 1. The summed E-state index contributed by atoms with van der Waals surface area (Å²) in [6.07, 6.45) is 5.51. The third-order valence-electron chi connectivity index (χ3n) is 4.37. The van der Waals surface area contributed by atoms with Crippen molar-refractivity contribution in [2.45, 2.75) is 31.2 Å². The second-order valence-electron chi connectivity index (χ2n) is 5.98. The molecule has 0 bridgehead atoms. The number of nitrogens with zero attached hydrogens (tertiary/aromatic N) is 3. The summed E-state index contributed by atoms with van der Waals surface area (Å²) in [5.41, 5.74) is 7.15. The Morgan fingerprint density at radius 3 is 2.50 bits per heavy atom. The van der Waals surface area contributed by atoms with Crippen LogP contribution in [-0.2, 0) is 11.2 Å². The predicted molar refractivity (Wildman–Crippen MR) is 80.3 cm³/mol. The van der Waals surface area contributed by atoms with Crippen LogP contribution in [0.2, 0.25) is 0 Å². The van der Waals surface area contributed by atoms with Crippen molar-refractivity contribution in [3.05, 3.63) is 24.0 Å². The molecule has 5 nitrogen and oxygen atoms in total. The molecule has 2 N–H and O–H groups in total. The molecule has 0 radical (unpaired) electrons. The maximum Gasteiger partial charge on any atom is 0.228 e. The number of likely N-dealkylation sites (N-methyl/N-ethyl adjacent to an activating group) is 2. The van der Waals surface area contributed by atoms with Crippen LogP contribution in [-0.4, -0.2) is 53.9 Å². The van der Waals surface area contributed by atoms with Crippen LogP contribution in [0, 0.1) is 0 Å². The van der Waals surface area contributed by atoms with Gasteiger partial charge in [-0.1, -0.05) is 0 Å². The molecule has 1 aliphatic carbocycles. The maximum absolute atomic E-state index is 12.3. The van der Waals surface area contributed by atoms with Crippen LogP contribution in [0.25, 0.3) is 0 Å². The molecule has 1 amide bonds. The van der Waals surface area contributed by atoms with Crippen molar-refractivity contribution in [2.75, 3.05) is 33.4 Å². The number of amides is 1. The van der Waals surface area contributed by atoms with E-state index in [1.165, 1.54) is 6.42 Å². The highest BCUT2D eigenvalue weighted by Gasteiger charge is 2.40. The zero-order valence-corrected chi connectivity index (χ0v) is 12.6. The molecule has 0 saturated heterocycles. The summed E-state index contributed by atoms with van der Waals surface area (Å²) in [6.45, 7) is 0.786. The van der Waals surface area contributed by atoms with Gasteiger partial charge in [-0.05, 0) is 45.5 Å². The first-order chi connectivity index (χ1) is 9.43. The average molecular weight is 276 g/mol. The molecule has 110 valence electrons. The first-order valence-electron chi connectivity index (χ1n) is 7.05. The first kappa shape index (κ1) is 14.8. The Hall–Kier alpha value is -1.62. The summed E-state index contributed by atoms with van der Waals surface area (Å²) in [5, 5.41) is 0. The third-order valence-corrected chi connectivity index (χ3v) is 4.37. The van der Waals surface area contributed by atoms with E-state index in [2.05, 4.69) is 24.0 Å². The number of rotatable bonds is 5. The van der Waals surface area contributed by atoms with Crippen LogP contribution < -0.4 is 5.73 Å². The number of pyridine rings is 1. The molecule has 20 heavy (non-hydrogen) atoms. The van der Waals surface area contributed by atoms with Gasteiger partial charge in [-0.25, -0.2) is 0 Å². The van der Waals surface area contributed by atoms with Gasteiger partial charge in [0.25, 0.3) is 0 Å². The summed E-state index contributed by atoms with van der Waals surface area (Å²) in [6, 6.07) is 3.59. The quantitative estimate of drug-likeness (QED) is 0.876. The minimum Gasteiger partial charge on any atom is -0.397 e. The van der Waals surface area contributed by atoms with E-state index in [0.29, 0.717) is 12.1 Å². The average Bonchev–Trinajstić information content (AvgIpc) is 2.35. The van der Waals surface area contributed by atoms with Crippen molar-refractivity contribution in [1.29, 1.82) is 0 Å². The molecule has 5 heteroatoms. The van der Waals surface area contributed by atoms with E-state index in [9.17, 15) is 4.79 Å². The number of carbonyl (C=O) groups excluding carboxylic acids is 1. The Bertz CT molecular complexity index is 465. The molecule has 0 aromatic carbocycles. The molecule has 0 unspecified atom stereocenters. The number of nitrogen functional groups attached to an aromatic ring is 1. The molecule has 0 spiro atoms. The fraction of sp³-hybridized carbons (Fsp3) is 0.600. The van der Waals surface area contributed by atoms with Gasteiger partial charge >= 0.3 is 0 Å². The van der Waals surface area contributed by atoms with Crippen LogP contribution in [0.1, 0.15) is 25.0 Å². The van der Waals surface area contributed by atoms with E-state index in [0.717, 1.165) is 25.1 Å². The smallest absolute Gasteiger partial charge is 0.228 e. The highest BCUT2D eigenvalue weighted by Crippen LogP contribution is 2.36. The van der Waals surface area contributed by atoms with E-state index in [1.54, 1.807) is 12.3 Å². The Kier molecular flexibility index (Phi) is 4.28. The van der Waals surface area contributed by atoms with Gasteiger partial charge in [0, 0.05) is 24.8 Å². The SMILES string of the molecule is CN(CC1(N(C)C)CCC1)C(=O)Cc1ccc(N)cn1. The fourth-order valence-corrected chi connectivity index (χ4v) is 2.69. The summed E-state index contributed by atoms with van der Waals surface area (Å²) < 4.78 is 0. The highest BCUT2D eigenvalue weighted by atomic mass is 16.2. The number of aromatic nitrogens is 1. The van der Waals surface area contributed by atoms with Crippen LogP contribution >= 0.6 is 0 Å².